The first kappa shape index (κ1) is 17.7. The van der Waals surface area contributed by atoms with Crippen LogP contribution in [0.25, 0.3) is 0 Å². The van der Waals surface area contributed by atoms with Crippen molar-refractivity contribution in [2.75, 3.05) is 25.1 Å². The minimum atomic E-state index is -2.83. The molecule has 1 unspecified atom stereocenters. The third kappa shape index (κ3) is 6.58. The van der Waals surface area contributed by atoms with Crippen LogP contribution in [0.3, 0.4) is 0 Å². The summed E-state index contributed by atoms with van der Waals surface area (Å²) in [5, 5.41) is 6.29. The number of aliphatic imine (C=N–C) groups is 1. The zero-order valence-electron chi connectivity index (χ0n) is 10.8. The molecule has 0 amide bonds. The molecule has 5 nitrogen and oxygen atoms in total. The molecule has 7 heteroatoms. The Labute approximate surface area is 126 Å². The highest BCUT2D eigenvalue weighted by Gasteiger charge is 2.28. The smallest absolute Gasteiger partial charge is 0.191 e. The Kier molecular flexibility index (Phi) is 8.58. The predicted octanol–water partition coefficient (Wildman–Crippen LogP) is 0.923. The second-order valence-corrected chi connectivity index (χ2v) is 6.33. The van der Waals surface area contributed by atoms with E-state index in [1.165, 1.54) is 0 Å². The van der Waals surface area contributed by atoms with E-state index in [1.54, 1.807) is 7.05 Å². The molecule has 1 aliphatic rings. The lowest BCUT2D eigenvalue weighted by Crippen LogP contribution is -2.44. The van der Waals surface area contributed by atoms with E-state index in [0.717, 1.165) is 13.0 Å². The van der Waals surface area contributed by atoms with Crippen LogP contribution < -0.4 is 10.6 Å². The fourth-order valence-corrected chi connectivity index (χ4v) is 3.41. The molecular weight excluding hydrogens is 365 g/mol. The predicted molar refractivity (Wildman–Crippen MR) is 86.4 cm³/mol. The fraction of sp³-hybridized carbons (Fsp3) is 0.727. The van der Waals surface area contributed by atoms with Gasteiger partial charge in [0.25, 0.3) is 0 Å². The first-order valence-corrected chi connectivity index (χ1v) is 7.68. The van der Waals surface area contributed by atoms with Crippen LogP contribution in [0, 0.1) is 0 Å². The van der Waals surface area contributed by atoms with Crippen molar-refractivity contribution in [2.24, 2.45) is 4.99 Å². The number of halogens is 1. The molecule has 0 saturated carbocycles. The number of nitrogens with one attached hydrogen (secondary N) is 2. The summed E-state index contributed by atoms with van der Waals surface area (Å²) in [6.07, 6.45) is 5.67. The van der Waals surface area contributed by atoms with Crippen molar-refractivity contribution in [1.82, 2.24) is 10.6 Å². The minimum absolute atomic E-state index is 0. The molecule has 0 spiro atoms. The Morgan fingerprint density at radius 1 is 1.50 bits per heavy atom. The summed E-state index contributed by atoms with van der Waals surface area (Å²) in [4.78, 5) is 4.07. The Morgan fingerprint density at radius 2 is 2.22 bits per heavy atom. The molecule has 106 valence electrons. The third-order valence-electron chi connectivity index (χ3n) is 2.64. The van der Waals surface area contributed by atoms with Gasteiger partial charge in [-0.05, 0) is 19.8 Å². The Bertz CT molecular complexity index is 393. The number of guanidine groups is 1. The average Bonchev–Trinajstić information content (AvgIpc) is 2.62. The van der Waals surface area contributed by atoms with Crippen LogP contribution in [0.5, 0.6) is 0 Å². The van der Waals surface area contributed by atoms with E-state index >= 15 is 0 Å². The van der Waals surface area contributed by atoms with Crippen molar-refractivity contribution < 1.29 is 8.42 Å². The van der Waals surface area contributed by atoms with E-state index in [1.807, 2.05) is 13.0 Å². The number of allylic oxidation sites excluding steroid dienone is 1. The lowest BCUT2D eigenvalue weighted by Gasteiger charge is -2.15. The standard InChI is InChI=1S/C11H21N3O2S.HI/c1-3-4-5-7-13-11(12-2)14-10-6-8-17(15,16)9-10;/h3-4,10H,5-9H2,1-2H3,(H2,12,13,14);1H. The van der Waals surface area contributed by atoms with Gasteiger partial charge in [0, 0.05) is 19.6 Å². The second-order valence-electron chi connectivity index (χ2n) is 4.10. The third-order valence-corrected chi connectivity index (χ3v) is 4.40. The molecule has 0 radical (unpaired) electrons. The zero-order valence-corrected chi connectivity index (χ0v) is 14.0. The van der Waals surface area contributed by atoms with Crippen LogP contribution in [0.1, 0.15) is 19.8 Å². The first-order valence-electron chi connectivity index (χ1n) is 5.86. The van der Waals surface area contributed by atoms with Crippen LogP contribution in [0.2, 0.25) is 0 Å². The molecule has 0 aromatic heterocycles. The van der Waals surface area contributed by atoms with Crippen LogP contribution in [0.15, 0.2) is 17.1 Å². The molecule has 18 heavy (non-hydrogen) atoms. The second kappa shape index (κ2) is 8.73. The van der Waals surface area contributed by atoms with Crippen molar-refractivity contribution in [3.63, 3.8) is 0 Å². The lowest BCUT2D eigenvalue weighted by molar-refractivity contribution is 0.599. The number of nitrogens with zero attached hydrogens (tertiary/aromatic N) is 1. The van der Waals surface area contributed by atoms with E-state index < -0.39 is 9.84 Å². The summed E-state index contributed by atoms with van der Waals surface area (Å²) in [5.41, 5.74) is 0. The van der Waals surface area contributed by atoms with Gasteiger partial charge >= 0.3 is 0 Å². The van der Waals surface area contributed by atoms with E-state index in [2.05, 4.69) is 21.7 Å². The van der Waals surface area contributed by atoms with Gasteiger partial charge in [0.2, 0.25) is 0 Å². The highest BCUT2D eigenvalue weighted by atomic mass is 127. The molecule has 1 rings (SSSR count). The normalized spacial score (nSPS) is 22.8. The van der Waals surface area contributed by atoms with Crippen LogP contribution in [-0.4, -0.2) is 45.5 Å². The van der Waals surface area contributed by atoms with Gasteiger partial charge in [0.1, 0.15) is 0 Å². The maximum atomic E-state index is 11.3. The van der Waals surface area contributed by atoms with E-state index in [9.17, 15) is 8.42 Å². The molecule has 0 aliphatic carbocycles. The van der Waals surface area contributed by atoms with Crippen molar-refractivity contribution in [3.8, 4) is 0 Å². The molecule has 1 atom stereocenters. The fourth-order valence-electron chi connectivity index (χ4n) is 1.74. The number of sulfone groups is 1. The van der Waals surface area contributed by atoms with Crippen molar-refractivity contribution in [1.29, 1.82) is 0 Å². The van der Waals surface area contributed by atoms with Gasteiger partial charge in [-0.25, -0.2) is 8.42 Å². The van der Waals surface area contributed by atoms with Gasteiger partial charge in [0.05, 0.1) is 11.5 Å². The monoisotopic (exact) mass is 387 g/mol. The highest BCUT2D eigenvalue weighted by molar-refractivity contribution is 14.0. The maximum Gasteiger partial charge on any atom is 0.191 e. The molecule has 1 saturated heterocycles. The minimum Gasteiger partial charge on any atom is -0.356 e. The zero-order chi connectivity index (χ0) is 12.7. The van der Waals surface area contributed by atoms with E-state index in [4.69, 9.17) is 0 Å². The van der Waals surface area contributed by atoms with Crippen molar-refractivity contribution >= 4 is 39.8 Å². The van der Waals surface area contributed by atoms with Gasteiger partial charge in [0.15, 0.2) is 15.8 Å². The molecule has 1 aliphatic heterocycles. The molecule has 1 fully saturated rings. The van der Waals surface area contributed by atoms with Crippen LogP contribution in [-0.2, 0) is 9.84 Å². The summed E-state index contributed by atoms with van der Waals surface area (Å²) >= 11 is 0. The van der Waals surface area contributed by atoms with Crippen LogP contribution >= 0.6 is 24.0 Å². The summed E-state index contributed by atoms with van der Waals surface area (Å²) in [7, 11) is -1.15. The maximum absolute atomic E-state index is 11.3. The molecule has 0 aromatic carbocycles. The first-order chi connectivity index (χ1) is 8.07. The summed E-state index contributed by atoms with van der Waals surface area (Å²) in [6, 6.07) is -0.00656. The molecule has 0 bridgehead atoms. The molecule has 2 N–H and O–H groups in total. The number of hydrogen-bond donors (Lipinski definition) is 2. The quantitative estimate of drug-likeness (QED) is 0.248. The Balaban J connectivity index is 0.00000289. The average molecular weight is 387 g/mol. The van der Waals surface area contributed by atoms with Gasteiger partial charge in [-0.1, -0.05) is 12.2 Å². The van der Waals surface area contributed by atoms with Gasteiger partial charge in [-0.2, -0.15) is 0 Å². The SMILES string of the molecule is CC=CCCNC(=NC)NC1CCS(=O)(=O)C1.I. The lowest BCUT2D eigenvalue weighted by atomic mass is 10.3. The van der Waals surface area contributed by atoms with Crippen molar-refractivity contribution in [2.45, 2.75) is 25.8 Å². The van der Waals surface area contributed by atoms with Crippen LogP contribution in [0.4, 0.5) is 0 Å². The van der Waals surface area contributed by atoms with Gasteiger partial charge in [-0.3, -0.25) is 4.99 Å². The van der Waals surface area contributed by atoms with Gasteiger partial charge < -0.3 is 10.6 Å². The topological polar surface area (TPSA) is 70.6 Å². The Hall–Kier alpha value is -0.310. The van der Waals surface area contributed by atoms with Crippen molar-refractivity contribution in [3.05, 3.63) is 12.2 Å². The molecule has 0 aromatic rings. The Morgan fingerprint density at radius 3 is 2.72 bits per heavy atom. The van der Waals surface area contributed by atoms with E-state index in [0.29, 0.717) is 12.4 Å². The highest BCUT2D eigenvalue weighted by Crippen LogP contribution is 2.10. The summed E-state index contributed by atoms with van der Waals surface area (Å²) < 4.78 is 22.6. The molecular formula is C11H22IN3O2S. The van der Waals surface area contributed by atoms with E-state index in [-0.39, 0.29) is 41.5 Å². The molecule has 1 heterocycles. The summed E-state index contributed by atoms with van der Waals surface area (Å²) in [5.74, 6) is 1.17. The number of hydrogen-bond acceptors (Lipinski definition) is 3. The van der Waals surface area contributed by atoms with Gasteiger partial charge in [-0.15, -0.1) is 24.0 Å². The largest absolute Gasteiger partial charge is 0.356 e. The number of rotatable bonds is 4. The summed E-state index contributed by atoms with van der Waals surface area (Å²) in [6.45, 7) is 2.78.